The topological polar surface area (TPSA) is 122 Å². The number of ether oxygens (including phenoxy) is 1. The Morgan fingerprint density at radius 3 is 2.32 bits per heavy atom. The van der Waals surface area contributed by atoms with Crippen molar-refractivity contribution in [3.63, 3.8) is 0 Å². The summed E-state index contributed by atoms with van der Waals surface area (Å²) < 4.78 is 59.7. The van der Waals surface area contributed by atoms with Gasteiger partial charge in [-0.3, -0.25) is 4.79 Å². The van der Waals surface area contributed by atoms with E-state index in [1.165, 1.54) is 29.4 Å². The summed E-state index contributed by atoms with van der Waals surface area (Å²) in [4.78, 5) is 12.7. The molecule has 9 nitrogen and oxygen atoms in total. The van der Waals surface area contributed by atoms with Crippen LogP contribution in [0.1, 0.15) is 12.5 Å². The Labute approximate surface area is 182 Å². The fraction of sp³-hybridized carbons (Fsp3) is 0.350. The second kappa shape index (κ2) is 9.45. The number of hydrogen-bond donors (Lipinski definition) is 2. The van der Waals surface area contributed by atoms with Gasteiger partial charge >= 0.3 is 0 Å². The van der Waals surface area contributed by atoms with Crippen LogP contribution in [0.3, 0.4) is 0 Å². The van der Waals surface area contributed by atoms with Gasteiger partial charge in [0, 0.05) is 18.8 Å². The summed E-state index contributed by atoms with van der Waals surface area (Å²) in [5, 5.41) is 2.58. The van der Waals surface area contributed by atoms with E-state index in [0.717, 1.165) is 0 Å². The van der Waals surface area contributed by atoms with Crippen LogP contribution in [0.25, 0.3) is 0 Å². The summed E-state index contributed by atoms with van der Waals surface area (Å²) in [5.74, 6) is -0.613. The summed E-state index contributed by atoms with van der Waals surface area (Å²) in [6.07, 6.45) is 0. The van der Waals surface area contributed by atoms with Crippen LogP contribution in [-0.4, -0.2) is 59.4 Å². The maximum Gasteiger partial charge on any atom is 0.243 e. The van der Waals surface area contributed by atoms with Gasteiger partial charge in [0.15, 0.2) is 0 Å². The summed E-state index contributed by atoms with van der Waals surface area (Å²) in [6, 6.07) is 11.2. The Balaban J connectivity index is 1.75. The number of morpholine rings is 1. The zero-order valence-electron chi connectivity index (χ0n) is 17.2. The summed E-state index contributed by atoms with van der Waals surface area (Å²) in [6.45, 7) is 4.26. The molecule has 2 N–H and O–H groups in total. The van der Waals surface area contributed by atoms with Crippen molar-refractivity contribution >= 4 is 31.6 Å². The third-order valence-electron chi connectivity index (χ3n) is 4.82. The zero-order valence-corrected chi connectivity index (χ0v) is 18.9. The molecule has 0 aliphatic carbocycles. The first-order chi connectivity index (χ1) is 14.6. The highest BCUT2D eigenvalue weighted by molar-refractivity contribution is 7.89. The fourth-order valence-electron chi connectivity index (χ4n) is 3.09. The van der Waals surface area contributed by atoms with Gasteiger partial charge in [0.25, 0.3) is 0 Å². The van der Waals surface area contributed by atoms with Crippen molar-refractivity contribution in [1.82, 2.24) is 9.03 Å². The van der Waals surface area contributed by atoms with E-state index < -0.39 is 32.0 Å². The van der Waals surface area contributed by atoms with Crippen molar-refractivity contribution < 1.29 is 26.4 Å². The molecular weight excluding hydrogens is 442 g/mol. The van der Waals surface area contributed by atoms with Crippen LogP contribution >= 0.6 is 0 Å². The largest absolute Gasteiger partial charge is 0.379 e. The number of aryl methyl sites for hydroxylation is 1. The number of carbonyl (C=O) groups is 1. The molecule has 2 aromatic carbocycles. The predicted molar refractivity (Wildman–Crippen MR) is 116 cm³/mol. The molecule has 1 amide bonds. The van der Waals surface area contributed by atoms with Crippen molar-refractivity contribution in [2.24, 2.45) is 0 Å². The predicted octanol–water partition coefficient (Wildman–Crippen LogP) is 1.32. The lowest BCUT2D eigenvalue weighted by Crippen LogP contribution is -2.41. The van der Waals surface area contributed by atoms with Gasteiger partial charge in [-0.2, -0.15) is 9.03 Å². The van der Waals surface area contributed by atoms with E-state index in [2.05, 4.69) is 10.0 Å². The molecule has 168 valence electrons. The fourth-order valence-corrected chi connectivity index (χ4v) is 5.97. The molecule has 0 aromatic heterocycles. The SMILES string of the molecule is Cc1ccc(NC(=O)[C@H](C)NS(=O)(=O)c2ccccc2)cc1S(=O)(=O)N1CCOCC1. The van der Waals surface area contributed by atoms with Gasteiger partial charge in [0.05, 0.1) is 29.0 Å². The third-order valence-corrected chi connectivity index (χ3v) is 8.42. The van der Waals surface area contributed by atoms with E-state index in [1.54, 1.807) is 37.3 Å². The molecule has 1 saturated heterocycles. The van der Waals surface area contributed by atoms with E-state index in [1.807, 2.05) is 0 Å². The maximum atomic E-state index is 13.0. The highest BCUT2D eigenvalue weighted by atomic mass is 32.2. The van der Waals surface area contributed by atoms with Gasteiger partial charge in [-0.1, -0.05) is 24.3 Å². The van der Waals surface area contributed by atoms with Crippen LogP contribution in [0.5, 0.6) is 0 Å². The number of benzene rings is 2. The molecule has 0 radical (unpaired) electrons. The quantitative estimate of drug-likeness (QED) is 0.633. The molecule has 0 unspecified atom stereocenters. The number of anilines is 1. The molecule has 11 heteroatoms. The first kappa shape index (κ1) is 23.4. The summed E-state index contributed by atoms with van der Waals surface area (Å²) >= 11 is 0. The van der Waals surface area contributed by atoms with Crippen LogP contribution in [0, 0.1) is 6.92 Å². The average Bonchev–Trinajstić information content (AvgIpc) is 2.76. The minimum atomic E-state index is -3.87. The van der Waals surface area contributed by atoms with Crippen LogP contribution in [0.15, 0.2) is 58.3 Å². The van der Waals surface area contributed by atoms with E-state index in [-0.39, 0.29) is 28.6 Å². The highest BCUT2D eigenvalue weighted by Crippen LogP contribution is 2.24. The maximum absolute atomic E-state index is 13.0. The van der Waals surface area contributed by atoms with Crippen LogP contribution < -0.4 is 10.0 Å². The number of hydrogen-bond acceptors (Lipinski definition) is 6. The molecule has 1 aliphatic heterocycles. The number of nitrogens with zero attached hydrogens (tertiary/aromatic N) is 1. The van der Waals surface area contributed by atoms with Crippen molar-refractivity contribution in [3.8, 4) is 0 Å². The molecule has 1 atom stereocenters. The Bertz CT molecular complexity index is 1140. The number of nitrogens with one attached hydrogen (secondary N) is 2. The molecule has 0 saturated carbocycles. The monoisotopic (exact) mass is 467 g/mol. The molecule has 1 fully saturated rings. The van der Waals surface area contributed by atoms with E-state index in [0.29, 0.717) is 18.8 Å². The first-order valence-corrected chi connectivity index (χ1v) is 12.6. The van der Waals surface area contributed by atoms with Crippen molar-refractivity contribution in [3.05, 3.63) is 54.1 Å². The van der Waals surface area contributed by atoms with E-state index in [9.17, 15) is 21.6 Å². The molecule has 0 spiro atoms. The molecule has 31 heavy (non-hydrogen) atoms. The van der Waals surface area contributed by atoms with Gasteiger partial charge < -0.3 is 10.1 Å². The number of sulfonamides is 2. The van der Waals surface area contributed by atoms with E-state index >= 15 is 0 Å². The van der Waals surface area contributed by atoms with Crippen molar-refractivity contribution in [2.45, 2.75) is 29.7 Å². The van der Waals surface area contributed by atoms with Crippen LogP contribution in [0.2, 0.25) is 0 Å². The van der Waals surface area contributed by atoms with Gasteiger partial charge in [-0.05, 0) is 43.7 Å². The average molecular weight is 468 g/mol. The number of rotatable bonds is 7. The lowest BCUT2D eigenvalue weighted by Gasteiger charge is -2.27. The molecule has 1 aliphatic rings. The van der Waals surface area contributed by atoms with E-state index in [4.69, 9.17) is 4.74 Å². The Hall–Kier alpha value is -2.31. The lowest BCUT2D eigenvalue weighted by atomic mass is 10.2. The zero-order chi connectivity index (χ0) is 22.6. The first-order valence-electron chi connectivity index (χ1n) is 9.68. The third kappa shape index (κ3) is 5.49. The second-order valence-corrected chi connectivity index (χ2v) is 10.8. The van der Waals surface area contributed by atoms with Crippen LogP contribution in [0.4, 0.5) is 5.69 Å². The molecule has 1 heterocycles. The Kier molecular flexibility index (Phi) is 7.12. The summed E-state index contributed by atoms with van der Waals surface area (Å²) in [7, 11) is -7.62. The minimum Gasteiger partial charge on any atom is -0.379 e. The molecular formula is C20H25N3O6S2. The standard InChI is InChI=1S/C20H25N3O6S2/c1-15-8-9-17(14-19(15)31(27,28)23-10-12-29-13-11-23)21-20(24)16(2)22-30(25,26)18-6-4-3-5-7-18/h3-9,14,16,22H,10-13H2,1-2H3,(H,21,24)/t16-/m0/s1. The van der Waals surface area contributed by atoms with Gasteiger partial charge in [0.2, 0.25) is 26.0 Å². The van der Waals surface area contributed by atoms with Gasteiger partial charge in [-0.15, -0.1) is 0 Å². The summed E-state index contributed by atoms with van der Waals surface area (Å²) in [5.41, 5.74) is 0.801. The van der Waals surface area contributed by atoms with Crippen LogP contribution in [-0.2, 0) is 29.6 Å². The number of carbonyl (C=O) groups excluding carboxylic acids is 1. The molecule has 0 bridgehead atoms. The lowest BCUT2D eigenvalue weighted by molar-refractivity contribution is -0.117. The number of amides is 1. The van der Waals surface area contributed by atoms with Crippen molar-refractivity contribution in [1.29, 1.82) is 0 Å². The Morgan fingerprint density at radius 2 is 1.68 bits per heavy atom. The van der Waals surface area contributed by atoms with Gasteiger partial charge in [-0.25, -0.2) is 16.8 Å². The molecule has 2 aromatic rings. The second-order valence-electron chi connectivity index (χ2n) is 7.14. The smallest absolute Gasteiger partial charge is 0.243 e. The Morgan fingerprint density at radius 1 is 1.03 bits per heavy atom. The van der Waals surface area contributed by atoms with Gasteiger partial charge in [0.1, 0.15) is 0 Å². The minimum absolute atomic E-state index is 0.0453. The molecule has 3 rings (SSSR count). The van der Waals surface area contributed by atoms with Crippen molar-refractivity contribution in [2.75, 3.05) is 31.6 Å². The highest BCUT2D eigenvalue weighted by Gasteiger charge is 2.28. The normalized spacial score (nSPS) is 16.6.